The summed E-state index contributed by atoms with van der Waals surface area (Å²) in [6.07, 6.45) is 0. The van der Waals surface area contributed by atoms with Crippen LogP contribution in [0.1, 0.15) is 10.4 Å². The van der Waals surface area contributed by atoms with Crippen molar-refractivity contribution in [1.29, 1.82) is 0 Å². The van der Waals surface area contributed by atoms with E-state index < -0.39 is 0 Å². The fourth-order valence-corrected chi connectivity index (χ4v) is 1.39. The maximum absolute atomic E-state index is 11.8. The summed E-state index contributed by atoms with van der Waals surface area (Å²) >= 11 is 0. The van der Waals surface area contributed by atoms with Crippen LogP contribution in [0.3, 0.4) is 0 Å². The highest BCUT2D eigenvalue weighted by Gasteiger charge is 2.08. The van der Waals surface area contributed by atoms with Crippen LogP contribution in [0.15, 0.2) is 24.3 Å². The van der Waals surface area contributed by atoms with E-state index in [1.54, 1.807) is 0 Å². The van der Waals surface area contributed by atoms with Crippen molar-refractivity contribution in [1.82, 2.24) is 10.2 Å². The first-order valence-corrected chi connectivity index (χ1v) is 5.35. The number of hydrogen-bond donors (Lipinski definition) is 2. The molecular formula is C12H19N3O. The number of likely N-dealkylation sites (N-methyl/N-ethyl adjacent to an activating group) is 1. The molecule has 0 aliphatic carbocycles. The van der Waals surface area contributed by atoms with Crippen LogP contribution in [0, 0.1) is 0 Å². The second-order valence-corrected chi connectivity index (χ2v) is 3.85. The minimum atomic E-state index is -0.0354. The number of para-hydroxylation sites is 1. The van der Waals surface area contributed by atoms with Crippen LogP contribution in [-0.4, -0.2) is 45.0 Å². The predicted octanol–water partition coefficient (Wildman–Crippen LogP) is 1.02. The van der Waals surface area contributed by atoms with Gasteiger partial charge in [-0.1, -0.05) is 12.1 Å². The van der Waals surface area contributed by atoms with Gasteiger partial charge in [0.2, 0.25) is 0 Å². The molecule has 0 bridgehead atoms. The summed E-state index contributed by atoms with van der Waals surface area (Å²) in [5, 5.41) is 5.89. The molecule has 0 saturated carbocycles. The number of rotatable bonds is 5. The zero-order valence-corrected chi connectivity index (χ0v) is 10.1. The summed E-state index contributed by atoms with van der Waals surface area (Å²) in [6.45, 7) is 1.50. The quantitative estimate of drug-likeness (QED) is 0.780. The van der Waals surface area contributed by atoms with E-state index in [0.29, 0.717) is 12.1 Å². The number of carbonyl (C=O) groups is 1. The molecule has 0 saturated heterocycles. The Balaban J connectivity index is 2.59. The van der Waals surface area contributed by atoms with Gasteiger partial charge < -0.3 is 15.5 Å². The molecule has 0 aromatic heterocycles. The number of carbonyl (C=O) groups excluding carboxylic acids is 1. The van der Waals surface area contributed by atoms with E-state index in [0.717, 1.165) is 12.2 Å². The van der Waals surface area contributed by atoms with Crippen molar-refractivity contribution < 1.29 is 4.79 Å². The van der Waals surface area contributed by atoms with E-state index in [2.05, 4.69) is 10.6 Å². The standard InChI is InChI=1S/C12H19N3O/c1-13-11-7-5-4-6-10(11)12(16)14-8-9-15(2)3/h4-7,13H,8-9H2,1-3H3,(H,14,16). The Labute approximate surface area is 96.6 Å². The molecule has 0 atom stereocenters. The molecule has 1 rings (SSSR count). The second-order valence-electron chi connectivity index (χ2n) is 3.85. The van der Waals surface area contributed by atoms with Crippen LogP contribution in [0.5, 0.6) is 0 Å². The third-order valence-corrected chi connectivity index (χ3v) is 2.29. The Hall–Kier alpha value is -1.55. The fourth-order valence-electron chi connectivity index (χ4n) is 1.39. The molecule has 4 nitrogen and oxygen atoms in total. The highest BCUT2D eigenvalue weighted by Crippen LogP contribution is 2.13. The topological polar surface area (TPSA) is 44.4 Å². The Morgan fingerprint density at radius 3 is 2.62 bits per heavy atom. The predicted molar refractivity (Wildman–Crippen MR) is 66.9 cm³/mol. The van der Waals surface area contributed by atoms with Crippen molar-refractivity contribution in [2.75, 3.05) is 39.5 Å². The highest BCUT2D eigenvalue weighted by atomic mass is 16.1. The Bertz CT molecular complexity index is 350. The van der Waals surface area contributed by atoms with E-state index in [1.807, 2.05) is 50.3 Å². The van der Waals surface area contributed by atoms with Gasteiger partial charge in [0.25, 0.3) is 5.91 Å². The zero-order valence-electron chi connectivity index (χ0n) is 10.1. The molecule has 0 aliphatic rings. The number of nitrogens with zero attached hydrogens (tertiary/aromatic N) is 1. The first-order valence-electron chi connectivity index (χ1n) is 5.35. The summed E-state index contributed by atoms with van der Waals surface area (Å²) < 4.78 is 0. The SMILES string of the molecule is CNc1ccccc1C(=O)NCCN(C)C. The average Bonchev–Trinajstić information content (AvgIpc) is 2.28. The van der Waals surface area contributed by atoms with Crippen LogP contribution in [0.4, 0.5) is 5.69 Å². The molecule has 0 unspecified atom stereocenters. The van der Waals surface area contributed by atoms with Gasteiger partial charge in [-0.3, -0.25) is 4.79 Å². The van der Waals surface area contributed by atoms with E-state index in [4.69, 9.17) is 0 Å². The summed E-state index contributed by atoms with van der Waals surface area (Å²) in [7, 11) is 5.77. The Morgan fingerprint density at radius 1 is 1.31 bits per heavy atom. The van der Waals surface area contributed by atoms with Gasteiger partial charge in [0.05, 0.1) is 5.56 Å². The summed E-state index contributed by atoms with van der Waals surface area (Å²) in [6, 6.07) is 7.47. The second kappa shape index (κ2) is 6.12. The zero-order chi connectivity index (χ0) is 12.0. The smallest absolute Gasteiger partial charge is 0.253 e. The number of anilines is 1. The lowest BCUT2D eigenvalue weighted by molar-refractivity contribution is 0.0952. The molecular weight excluding hydrogens is 202 g/mol. The minimum Gasteiger partial charge on any atom is -0.387 e. The van der Waals surface area contributed by atoms with Crippen molar-refractivity contribution in [2.24, 2.45) is 0 Å². The lowest BCUT2D eigenvalue weighted by atomic mass is 10.1. The number of amides is 1. The van der Waals surface area contributed by atoms with Gasteiger partial charge in [-0.25, -0.2) is 0 Å². The van der Waals surface area contributed by atoms with Crippen LogP contribution in [-0.2, 0) is 0 Å². The van der Waals surface area contributed by atoms with Gasteiger partial charge >= 0.3 is 0 Å². The maximum Gasteiger partial charge on any atom is 0.253 e. The average molecular weight is 221 g/mol. The van der Waals surface area contributed by atoms with Crippen molar-refractivity contribution in [3.05, 3.63) is 29.8 Å². The molecule has 1 amide bonds. The van der Waals surface area contributed by atoms with Crippen LogP contribution >= 0.6 is 0 Å². The molecule has 0 radical (unpaired) electrons. The molecule has 0 heterocycles. The molecule has 16 heavy (non-hydrogen) atoms. The summed E-state index contributed by atoms with van der Waals surface area (Å²) in [5.74, 6) is -0.0354. The molecule has 4 heteroatoms. The fraction of sp³-hybridized carbons (Fsp3) is 0.417. The number of benzene rings is 1. The minimum absolute atomic E-state index is 0.0354. The summed E-state index contributed by atoms with van der Waals surface area (Å²) in [4.78, 5) is 13.9. The molecule has 0 aliphatic heterocycles. The monoisotopic (exact) mass is 221 g/mol. The molecule has 0 spiro atoms. The first kappa shape index (κ1) is 12.5. The van der Waals surface area contributed by atoms with Gasteiger partial charge in [0, 0.05) is 25.8 Å². The van der Waals surface area contributed by atoms with Gasteiger partial charge in [0.15, 0.2) is 0 Å². The maximum atomic E-state index is 11.8. The van der Waals surface area contributed by atoms with Crippen LogP contribution in [0.25, 0.3) is 0 Å². The normalized spacial score (nSPS) is 10.2. The molecule has 1 aromatic carbocycles. The van der Waals surface area contributed by atoms with Gasteiger partial charge in [-0.2, -0.15) is 0 Å². The van der Waals surface area contributed by atoms with E-state index in [-0.39, 0.29) is 5.91 Å². The molecule has 2 N–H and O–H groups in total. The van der Waals surface area contributed by atoms with E-state index in [9.17, 15) is 4.79 Å². The van der Waals surface area contributed by atoms with Gasteiger partial charge in [-0.05, 0) is 26.2 Å². The van der Waals surface area contributed by atoms with Crippen LogP contribution < -0.4 is 10.6 Å². The van der Waals surface area contributed by atoms with Crippen molar-refractivity contribution in [2.45, 2.75) is 0 Å². The molecule has 1 aromatic rings. The lowest BCUT2D eigenvalue weighted by Gasteiger charge is -2.12. The summed E-state index contributed by atoms with van der Waals surface area (Å²) in [5.41, 5.74) is 1.54. The molecule has 0 fully saturated rings. The third-order valence-electron chi connectivity index (χ3n) is 2.29. The van der Waals surface area contributed by atoms with Crippen molar-refractivity contribution in [3.8, 4) is 0 Å². The number of nitrogens with one attached hydrogen (secondary N) is 2. The van der Waals surface area contributed by atoms with E-state index >= 15 is 0 Å². The lowest BCUT2D eigenvalue weighted by Crippen LogP contribution is -2.31. The third kappa shape index (κ3) is 3.55. The van der Waals surface area contributed by atoms with E-state index in [1.165, 1.54) is 0 Å². The highest BCUT2D eigenvalue weighted by molar-refractivity contribution is 5.99. The Kier molecular flexibility index (Phi) is 4.79. The van der Waals surface area contributed by atoms with Crippen molar-refractivity contribution in [3.63, 3.8) is 0 Å². The largest absolute Gasteiger partial charge is 0.387 e. The first-order chi connectivity index (χ1) is 7.65. The molecule has 88 valence electrons. The van der Waals surface area contributed by atoms with Crippen molar-refractivity contribution >= 4 is 11.6 Å². The van der Waals surface area contributed by atoms with Crippen LogP contribution in [0.2, 0.25) is 0 Å². The van der Waals surface area contributed by atoms with Gasteiger partial charge in [-0.15, -0.1) is 0 Å². The number of hydrogen-bond acceptors (Lipinski definition) is 3. The van der Waals surface area contributed by atoms with Gasteiger partial charge in [0.1, 0.15) is 0 Å². The Morgan fingerprint density at radius 2 is 2.00 bits per heavy atom.